The topological polar surface area (TPSA) is 82.9 Å². The third kappa shape index (κ3) is 2.33. The van der Waals surface area contributed by atoms with Crippen molar-refractivity contribution in [3.8, 4) is 11.6 Å². The van der Waals surface area contributed by atoms with Gasteiger partial charge in [-0.3, -0.25) is 5.10 Å². The van der Waals surface area contributed by atoms with Gasteiger partial charge >= 0.3 is 0 Å². The Balaban J connectivity index is 1.83. The maximum atomic E-state index is 5.32. The summed E-state index contributed by atoms with van der Waals surface area (Å²) in [5, 5.41) is 10.7. The second-order valence-corrected chi connectivity index (χ2v) is 5.12. The molecule has 0 bridgehead atoms. The van der Waals surface area contributed by atoms with E-state index in [-0.39, 0.29) is 0 Å². The van der Waals surface area contributed by atoms with Gasteiger partial charge in [0.15, 0.2) is 18.0 Å². The normalized spacial score (nSPS) is 23.8. The van der Waals surface area contributed by atoms with Crippen LogP contribution in [0.15, 0.2) is 10.8 Å². The number of hydrogen-bond acceptors (Lipinski definition) is 6. The lowest BCUT2D eigenvalue weighted by atomic mass is 10.1. The molecule has 102 valence electrons. The largest absolute Gasteiger partial charge is 0.440 e. The Bertz CT molecular complexity index is 552. The third-order valence-electron chi connectivity index (χ3n) is 3.27. The van der Waals surface area contributed by atoms with E-state index in [9.17, 15) is 0 Å². The summed E-state index contributed by atoms with van der Waals surface area (Å²) >= 11 is 0. The SMILES string of the molecule is Cc1ncoc1-c1nc(N2CC(C)NC(C)C2)n[nH]1. The van der Waals surface area contributed by atoms with Crippen molar-refractivity contribution in [2.75, 3.05) is 18.0 Å². The van der Waals surface area contributed by atoms with Crippen LogP contribution >= 0.6 is 0 Å². The van der Waals surface area contributed by atoms with Crippen LogP contribution in [-0.2, 0) is 0 Å². The lowest BCUT2D eigenvalue weighted by Gasteiger charge is -2.35. The molecule has 7 nitrogen and oxygen atoms in total. The van der Waals surface area contributed by atoms with Gasteiger partial charge in [0.25, 0.3) is 0 Å². The van der Waals surface area contributed by atoms with Crippen molar-refractivity contribution >= 4 is 5.95 Å². The molecule has 0 spiro atoms. The average molecular weight is 262 g/mol. The molecule has 0 radical (unpaired) electrons. The Kier molecular flexibility index (Phi) is 2.98. The molecule has 2 unspecified atom stereocenters. The summed E-state index contributed by atoms with van der Waals surface area (Å²) in [5.74, 6) is 1.99. The summed E-state index contributed by atoms with van der Waals surface area (Å²) in [6.45, 7) is 8.01. The molecule has 2 N–H and O–H groups in total. The Labute approximate surface area is 111 Å². The molecule has 1 saturated heterocycles. The summed E-state index contributed by atoms with van der Waals surface area (Å²) in [7, 11) is 0. The van der Waals surface area contributed by atoms with Crippen LogP contribution < -0.4 is 10.2 Å². The Hall–Kier alpha value is -1.89. The second-order valence-electron chi connectivity index (χ2n) is 5.12. The number of oxazole rings is 1. The third-order valence-corrected chi connectivity index (χ3v) is 3.27. The highest BCUT2D eigenvalue weighted by Gasteiger charge is 2.24. The number of anilines is 1. The molecule has 1 aliphatic rings. The van der Waals surface area contributed by atoms with Gasteiger partial charge in [-0.25, -0.2) is 4.98 Å². The molecule has 19 heavy (non-hydrogen) atoms. The number of H-pyrrole nitrogens is 1. The van der Waals surface area contributed by atoms with Crippen molar-refractivity contribution in [3.63, 3.8) is 0 Å². The van der Waals surface area contributed by atoms with Gasteiger partial charge in [0.05, 0.1) is 5.69 Å². The van der Waals surface area contributed by atoms with Gasteiger partial charge in [0.1, 0.15) is 0 Å². The fraction of sp³-hybridized carbons (Fsp3) is 0.583. The van der Waals surface area contributed by atoms with Crippen LogP contribution in [0.1, 0.15) is 19.5 Å². The van der Waals surface area contributed by atoms with Crippen LogP contribution in [0.3, 0.4) is 0 Å². The molecule has 0 amide bonds. The van der Waals surface area contributed by atoms with Crippen LogP contribution in [0.25, 0.3) is 11.6 Å². The summed E-state index contributed by atoms with van der Waals surface area (Å²) < 4.78 is 5.32. The minimum atomic E-state index is 0.428. The van der Waals surface area contributed by atoms with E-state index in [0.717, 1.165) is 18.8 Å². The Morgan fingerprint density at radius 2 is 2.05 bits per heavy atom. The molecule has 3 rings (SSSR count). The van der Waals surface area contributed by atoms with Crippen LogP contribution in [0.4, 0.5) is 5.95 Å². The maximum Gasteiger partial charge on any atom is 0.245 e. The van der Waals surface area contributed by atoms with Crippen molar-refractivity contribution in [2.24, 2.45) is 0 Å². The van der Waals surface area contributed by atoms with E-state index in [0.29, 0.717) is 29.6 Å². The average Bonchev–Trinajstić information content (AvgIpc) is 2.95. The molecule has 0 saturated carbocycles. The van der Waals surface area contributed by atoms with Crippen molar-refractivity contribution in [1.29, 1.82) is 0 Å². The Morgan fingerprint density at radius 1 is 1.32 bits per heavy atom. The highest BCUT2D eigenvalue weighted by atomic mass is 16.3. The number of nitrogens with zero attached hydrogens (tertiary/aromatic N) is 4. The minimum Gasteiger partial charge on any atom is -0.440 e. The first-order valence-electron chi connectivity index (χ1n) is 6.47. The molecule has 3 heterocycles. The zero-order valence-corrected chi connectivity index (χ0v) is 11.3. The van der Waals surface area contributed by atoms with Crippen molar-refractivity contribution < 1.29 is 4.42 Å². The number of nitrogens with one attached hydrogen (secondary N) is 2. The fourth-order valence-electron chi connectivity index (χ4n) is 2.52. The first kappa shape index (κ1) is 12.2. The highest BCUT2D eigenvalue weighted by molar-refractivity contribution is 5.51. The summed E-state index contributed by atoms with van der Waals surface area (Å²) in [6, 6.07) is 0.857. The molecule has 0 aliphatic carbocycles. The highest BCUT2D eigenvalue weighted by Crippen LogP contribution is 2.21. The Morgan fingerprint density at radius 3 is 2.68 bits per heavy atom. The first-order valence-corrected chi connectivity index (χ1v) is 6.47. The van der Waals surface area contributed by atoms with E-state index < -0.39 is 0 Å². The number of piperazine rings is 1. The predicted octanol–water partition coefficient (Wildman–Crippen LogP) is 0.955. The summed E-state index contributed by atoms with van der Waals surface area (Å²) in [5.41, 5.74) is 0.810. The van der Waals surface area contributed by atoms with Gasteiger partial charge in [0.2, 0.25) is 5.95 Å². The van der Waals surface area contributed by atoms with Gasteiger partial charge < -0.3 is 14.6 Å². The fourth-order valence-corrected chi connectivity index (χ4v) is 2.52. The van der Waals surface area contributed by atoms with E-state index in [1.807, 2.05) is 6.92 Å². The van der Waals surface area contributed by atoms with E-state index in [1.54, 1.807) is 0 Å². The quantitative estimate of drug-likeness (QED) is 0.838. The monoisotopic (exact) mass is 262 g/mol. The predicted molar refractivity (Wildman–Crippen MR) is 70.9 cm³/mol. The van der Waals surface area contributed by atoms with Crippen molar-refractivity contribution in [3.05, 3.63) is 12.1 Å². The molecular formula is C12H18N6O. The second kappa shape index (κ2) is 4.65. The molecule has 7 heteroatoms. The smallest absolute Gasteiger partial charge is 0.245 e. The number of rotatable bonds is 2. The van der Waals surface area contributed by atoms with Gasteiger partial charge in [-0.05, 0) is 20.8 Å². The zero-order chi connectivity index (χ0) is 13.4. The van der Waals surface area contributed by atoms with Gasteiger partial charge in [-0.2, -0.15) is 4.98 Å². The van der Waals surface area contributed by atoms with Gasteiger partial charge in [-0.1, -0.05) is 0 Å². The number of hydrogen-bond donors (Lipinski definition) is 2. The molecule has 2 aromatic heterocycles. The lowest BCUT2D eigenvalue weighted by Crippen LogP contribution is -2.54. The maximum absolute atomic E-state index is 5.32. The number of aryl methyl sites for hydroxylation is 1. The van der Waals surface area contributed by atoms with Crippen molar-refractivity contribution in [1.82, 2.24) is 25.5 Å². The summed E-state index contributed by atoms with van der Waals surface area (Å²) in [4.78, 5) is 10.7. The van der Waals surface area contributed by atoms with Crippen LogP contribution in [0.5, 0.6) is 0 Å². The van der Waals surface area contributed by atoms with E-state index >= 15 is 0 Å². The van der Waals surface area contributed by atoms with Crippen LogP contribution in [0, 0.1) is 6.92 Å². The van der Waals surface area contributed by atoms with E-state index in [1.165, 1.54) is 6.39 Å². The zero-order valence-electron chi connectivity index (χ0n) is 11.3. The van der Waals surface area contributed by atoms with Crippen molar-refractivity contribution in [2.45, 2.75) is 32.9 Å². The molecular weight excluding hydrogens is 244 g/mol. The number of aromatic amines is 1. The summed E-state index contributed by atoms with van der Waals surface area (Å²) in [6.07, 6.45) is 1.42. The lowest BCUT2D eigenvalue weighted by molar-refractivity contribution is 0.403. The minimum absolute atomic E-state index is 0.428. The molecule has 1 aliphatic heterocycles. The van der Waals surface area contributed by atoms with E-state index in [4.69, 9.17) is 4.42 Å². The molecule has 2 atom stereocenters. The standard InChI is InChI=1S/C12H18N6O/c1-7-4-18(5-8(2)14-7)12-15-11(16-17-12)10-9(3)13-6-19-10/h6-8,14H,4-5H2,1-3H3,(H,15,16,17). The first-order chi connectivity index (χ1) is 9.13. The number of aromatic nitrogens is 4. The molecule has 0 aromatic carbocycles. The molecule has 1 fully saturated rings. The van der Waals surface area contributed by atoms with Gasteiger partial charge in [0, 0.05) is 25.2 Å². The molecule has 2 aromatic rings. The van der Waals surface area contributed by atoms with E-state index in [2.05, 4.69) is 44.2 Å². The van der Waals surface area contributed by atoms with Crippen LogP contribution in [-0.4, -0.2) is 45.3 Å². The van der Waals surface area contributed by atoms with Crippen LogP contribution in [0.2, 0.25) is 0 Å². The van der Waals surface area contributed by atoms with Gasteiger partial charge in [-0.15, -0.1) is 5.10 Å².